The number of sulfonamides is 1. The average Bonchev–Trinajstić information content (AvgIpc) is 2.43. The van der Waals surface area contributed by atoms with Crippen molar-refractivity contribution in [3.63, 3.8) is 0 Å². The van der Waals surface area contributed by atoms with Crippen molar-refractivity contribution in [1.82, 2.24) is 0 Å². The Labute approximate surface area is 105 Å². The van der Waals surface area contributed by atoms with Crippen LogP contribution in [0.2, 0.25) is 25.7 Å². The van der Waals surface area contributed by atoms with E-state index in [-0.39, 0.29) is 5.75 Å². The van der Waals surface area contributed by atoms with Gasteiger partial charge in [0.05, 0.1) is 11.4 Å². The van der Waals surface area contributed by atoms with E-state index < -0.39 is 18.1 Å². The molecule has 1 aromatic carbocycles. The molecule has 0 fully saturated rings. The minimum absolute atomic E-state index is 0.162. The molecule has 0 aliphatic carbocycles. The molecule has 0 unspecified atom stereocenters. The molecule has 0 spiro atoms. The maximum atomic E-state index is 12.1. The first-order valence-electron chi connectivity index (χ1n) is 5.88. The van der Waals surface area contributed by atoms with Crippen LogP contribution in [-0.2, 0) is 15.8 Å². The summed E-state index contributed by atoms with van der Waals surface area (Å²) in [5.74, 6) is 0.162. The number of benzene rings is 1. The van der Waals surface area contributed by atoms with Crippen LogP contribution in [0.5, 0.6) is 0 Å². The monoisotopic (exact) mass is 269 g/mol. The van der Waals surface area contributed by atoms with Crippen LogP contribution in [0.25, 0.3) is 0 Å². The molecule has 0 bridgehead atoms. The summed E-state index contributed by atoms with van der Waals surface area (Å²) >= 11 is 0. The maximum absolute atomic E-state index is 12.1. The van der Waals surface area contributed by atoms with Crippen molar-refractivity contribution < 1.29 is 8.42 Å². The van der Waals surface area contributed by atoms with Gasteiger partial charge in [0.15, 0.2) is 0 Å². The molecule has 0 atom stereocenters. The minimum atomic E-state index is -3.11. The van der Waals surface area contributed by atoms with Crippen molar-refractivity contribution >= 4 is 23.8 Å². The van der Waals surface area contributed by atoms with E-state index in [9.17, 15) is 8.42 Å². The molecule has 0 saturated carbocycles. The molecular weight excluding hydrogens is 250 g/mol. The second-order valence-electron chi connectivity index (χ2n) is 5.77. The van der Waals surface area contributed by atoms with Crippen LogP contribution < -0.4 is 4.31 Å². The molecule has 0 radical (unpaired) electrons. The Morgan fingerprint density at radius 3 is 2.53 bits per heavy atom. The van der Waals surface area contributed by atoms with E-state index in [4.69, 9.17) is 0 Å². The fraction of sp³-hybridized carbons (Fsp3) is 0.500. The highest BCUT2D eigenvalue weighted by Gasteiger charge is 2.33. The number of anilines is 1. The molecule has 2 rings (SSSR count). The van der Waals surface area contributed by atoms with Gasteiger partial charge in [0.1, 0.15) is 0 Å². The van der Waals surface area contributed by atoms with Gasteiger partial charge in [0.2, 0.25) is 10.0 Å². The van der Waals surface area contributed by atoms with Gasteiger partial charge in [-0.1, -0.05) is 37.8 Å². The molecule has 5 heteroatoms. The molecule has 1 heterocycles. The van der Waals surface area contributed by atoms with Crippen molar-refractivity contribution in [2.24, 2.45) is 0 Å². The zero-order valence-electron chi connectivity index (χ0n) is 10.6. The lowest BCUT2D eigenvalue weighted by Crippen LogP contribution is -2.33. The van der Waals surface area contributed by atoms with E-state index in [2.05, 4.69) is 19.6 Å². The zero-order valence-corrected chi connectivity index (χ0v) is 12.4. The number of hydrogen-bond donors (Lipinski definition) is 0. The lowest BCUT2D eigenvalue weighted by molar-refractivity contribution is 0.594. The van der Waals surface area contributed by atoms with Crippen LogP contribution in [0.15, 0.2) is 24.3 Å². The fourth-order valence-electron chi connectivity index (χ4n) is 2.00. The first-order valence-corrected chi connectivity index (χ1v) is 11.2. The van der Waals surface area contributed by atoms with Crippen LogP contribution in [0.3, 0.4) is 0 Å². The fourth-order valence-corrected chi connectivity index (χ4v) is 4.69. The van der Waals surface area contributed by atoms with Gasteiger partial charge < -0.3 is 0 Å². The Morgan fingerprint density at radius 1 is 1.24 bits per heavy atom. The minimum Gasteiger partial charge on any atom is -0.270 e. The summed E-state index contributed by atoms with van der Waals surface area (Å²) in [4.78, 5) is 0. The van der Waals surface area contributed by atoms with Gasteiger partial charge in [0, 0.05) is 14.6 Å². The first kappa shape index (κ1) is 12.6. The summed E-state index contributed by atoms with van der Waals surface area (Å²) in [5, 5.41) is 0. The predicted octanol–water partition coefficient (Wildman–Crippen LogP) is 2.67. The lowest BCUT2D eigenvalue weighted by Gasteiger charge is -2.23. The highest BCUT2D eigenvalue weighted by Crippen LogP contribution is 2.33. The first-order chi connectivity index (χ1) is 7.80. The molecule has 94 valence electrons. The highest BCUT2D eigenvalue weighted by atomic mass is 32.2. The third kappa shape index (κ3) is 2.72. The maximum Gasteiger partial charge on any atom is 0.239 e. The van der Waals surface area contributed by atoms with E-state index >= 15 is 0 Å². The van der Waals surface area contributed by atoms with Gasteiger partial charge in [-0.15, -0.1) is 0 Å². The van der Waals surface area contributed by atoms with Crippen molar-refractivity contribution in [3.8, 4) is 0 Å². The Kier molecular flexibility index (Phi) is 3.07. The van der Waals surface area contributed by atoms with Crippen molar-refractivity contribution in [1.29, 1.82) is 0 Å². The molecule has 0 amide bonds. The van der Waals surface area contributed by atoms with Gasteiger partial charge in [-0.2, -0.15) is 0 Å². The molecule has 0 saturated heterocycles. The van der Waals surface area contributed by atoms with Gasteiger partial charge >= 0.3 is 0 Å². The number of hydrogen-bond acceptors (Lipinski definition) is 2. The van der Waals surface area contributed by atoms with Crippen LogP contribution in [0.1, 0.15) is 5.56 Å². The van der Waals surface area contributed by atoms with Gasteiger partial charge in [0.25, 0.3) is 0 Å². The Hall–Kier alpha value is -0.813. The average molecular weight is 269 g/mol. The summed E-state index contributed by atoms with van der Waals surface area (Å²) in [6.07, 6.45) is 0. The van der Waals surface area contributed by atoms with E-state index in [1.165, 1.54) is 0 Å². The van der Waals surface area contributed by atoms with E-state index in [1.807, 2.05) is 24.3 Å². The SMILES string of the molecule is C[Si](C)(C)CCN1c2ccccc2CS1(=O)=O. The molecule has 1 aromatic rings. The second kappa shape index (κ2) is 4.14. The summed E-state index contributed by atoms with van der Waals surface area (Å²) in [6, 6.07) is 8.61. The van der Waals surface area contributed by atoms with E-state index in [0.717, 1.165) is 17.3 Å². The Morgan fingerprint density at radius 2 is 1.88 bits per heavy atom. The van der Waals surface area contributed by atoms with Crippen LogP contribution in [0, 0.1) is 0 Å². The van der Waals surface area contributed by atoms with Crippen LogP contribution >= 0.6 is 0 Å². The molecule has 1 aliphatic rings. The summed E-state index contributed by atoms with van der Waals surface area (Å²) in [7, 11) is -4.33. The normalized spacial score (nSPS) is 18.2. The lowest BCUT2D eigenvalue weighted by atomic mass is 10.2. The Bertz CT molecular complexity index is 520. The third-order valence-corrected chi connectivity index (χ3v) is 6.45. The molecule has 1 aliphatic heterocycles. The van der Waals surface area contributed by atoms with E-state index in [0.29, 0.717) is 6.54 Å². The summed E-state index contributed by atoms with van der Waals surface area (Å²) in [6.45, 7) is 7.43. The quantitative estimate of drug-likeness (QED) is 0.791. The standard InChI is InChI=1S/C12H19NO2SSi/c1-17(2,3)9-8-13-12-7-5-4-6-11(12)10-16(13,14)15/h4-7H,8-10H2,1-3H3. The number of rotatable bonds is 3. The molecule has 0 aromatic heterocycles. The molecular formula is C12H19NO2SSi. The third-order valence-electron chi connectivity index (χ3n) is 3.00. The number of fused-ring (bicyclic) bond motifs is 1. The highest BCUT2D eigenvalue weighted by molar-refractivity contribution is 7.92. The number of para-hydroxylation sites is 1. The number of nitrogens with zero attached hydrogens (tertiary/aromatic N) is 1. The van der Waals surface area contributed by atoms with Gasteiger partial charge in [-0.3, -0.25) is 4.31 Å². The smallest absolute Gasteiger partial charge is 0.239 e. The summed E-state index contributed by atoms with van der Waals surface area (Å²) < 4.78 is 25.8. The van der Waals surface area contributed by atoms with Crippen molar-refractivity contribution in [3.05, 3.63) is 29.8 Å². The van der Waals surface area contributed by atoms with Crippen molar-refractivity contribution in [2.75, 3.05) is 10.8 Å². The Balaban J connectivity index is 2.26. The topological polar surface area (TPSA) is 37.4 Å². The van der Waals surface area contributed by atoms with Gasteiger partial charge in [-0.05, 0) is 17.7 Å². The molecule has 3 nitrogen and oxygen atoms in total. The molecule has 17 heavy (non-hydrogen) atoms. The molecule has 0 N–H and O–H groups in total. The van der Waals surface area contributed by atoms with Crippen molar-refractivity contribution in [2.45, 2.75) is 31.4 Å². The summed E-state index contributed by atoms with van der Waals surface area (Å²) in [5.41, 5.74) is 1.81. The second-order valence-corrected chi connectivity index (χ2v) is 13.3. The van der Waals surface area contributed by atoms with Gasteiger partial charge in [-0.25, -0.2) is 8.42 Å². The predicted molar refractivity (Wildman–Crippen MR) is 74.6 cm³/mol. The van der Waals surface area contributed by atoms with Crippen LogP contribution in [0.4, 0.5) is 5.69 Å². The van der Waals surface area contributed by atoms with Crippen LogP contribution in [-0.4, -0.2) is 23.0 Å². The zero-order chi connectivity index (χ0) is 12.7. The largest absolute Gasteiger partial charge is 0.270 e. The van der Waals surface area contributed by atoms with E-state index in [1.54, 1.807) is 4.31 Å².